The first-order chi connectivity index (χ1) is 7.91. The number of rotatable bonds is 1. The predicted octanol–water partition coefficient (Wildman–Crippen LogP) is 3.65. The molecular formula is C15H18O2. The Morgan fingerprint density at radius 3 is 2.47 bits per heavy atom. The predicted molar refractivity (Wildman–Crippen MR) is 70.6 cm³/mol. The third-order valence-electron chi connectivity index (χ3n) is 3.02. The summed E-state index contributed by atoms with van der Waals surface area (Å²) in [6, 6.07) is 7.99. The molecule has 0 aliphatic rings. The van der Waals surface area contributed by atoms with E-state index in [1.165, 1.54) is 5.56 Å². The van der Waals surface area contributed by atoms with Crippen LogP contribution in [0.25, 0.3) is 11.0 Å². The molecule has 0 spiro atoms. The van der Waals surface area contributed by atoms with Crippen LogP contribution in [0.4, 0.5) is 0 Å². The Bertz CT molecular complexity index is 600. The van der Waals surface area contributed by atoms with E-state index in [4.69, 9.17) is 4.42 Å². The van der Waals surface area contributed by atoms with E-state index in [0.717, 1.165) is 17.4 Å². The Balaban J connectivity index is 2.71. The lowest BCUT2D eigenvalue weighted by Gasteiger charge is -2.17. The van der Waals surface area contributed by atoms with Gasteiger partial charge in [-0.15, -0.1) is 0 Å². The van der Waals surface area contributed by atoms with Gasteiger partial charge in [0.05, 0.1) is 0 Å². The lowest BCUT2D eigenvalue weighted by molar-refractivity contribution is 0.502. The highest BCUT2D eigenvalue weighted by Gasteiger charge is 2.19. The first-order valence-electron chi connectivity index (χ1n) is 5.99. The molecule has 0 radical (unpaired) electrons. The van der Waals surface area contributed by atoms with Gasteiger partial charge >= 0.3 is 5.63 Å². The van der Waals surface area contributed by atoms with Crippen LogP contribution in [0.1, 0.15) is 38.8 Å². The number of fused-ring (bicyclic) bond motifs is 1. The molecule has 0 aliphatic heterocycles. The molecule has 0 bridgehead atoms. The summed E-state index contributed by atoms with van der Waals surface area (Å²) >= 11 is 0. The van der Waals surface area contributed by atoms with Crippen LogP contribution in [0.15, 0.2) is 33.5 Å². The van der Waals surface area contributed by atoms with Crippen molar-refractivity contribution < 1.29 is 4.42 Å². The van der Waals surface area contributed by atoms with Crippen molar-refractivity contribution in [2.24, 2.45) is 0 Å². The van der Waals surface area contributed by atoms with E-state index >= 15 is 0 Å². The highest BCUT2D eigenvalue weighted by atomic mass is 16.4. The van der Waals surface area contributed by atoms with Gasteiger partial charge in [0.1, 0.15) is 5.58 Å². The first kappa shape index (κ1) is 11.9. The van der Waals surface area contributed by atoms with Crippen LogP contribution in [0.3, 0.4) is 0 Å². The zero-order chi connectivity index (χ0) is 12.6. The zero-order valence-corrected chi connectivity index (χ0v) is 10.8. The zero-order valence-electron chi connectivity index (χ0n) is 10.8. The van der Waals surface area contributed by atoms with Gasteiger partial charge in [-0.2, -0.15) is 0 Å². The minimum Gasteiger partial charge on any atom is -0.423 e. The van der Waals surface area contributed by atoms with Gasteiger partial charge in [0, 0.05) is 10.9 Å². The summed E-state index contributed by atoms with van der Waals surface area (Å²) in [6.07, 6.45) is 0.945. The van der Waals surface area contributed by atoms with Crippen molar-refractivity contribution in [2.75, 3.05) is 0 Å². The van der Waals surface area contributed by atoms with Crippen molar-refractivity contribution in [1.29, 1.82) is 0 Å². The minimum atomic E-state index is -0.224. The smallest absolute Gasteiger partial charge is 0.339 e. The van der Waals surface area contributed by atoms with Crippen LogP contribution in [-0.4, -0.2) is 0 Å². The normalized spacial score (nSPS) is 12.0. The molecule has 2 heteroatoms. The summed E-state index contributed by atoms with van der Waals surface area (Å²) in [5, 5.41) is 0.992. The minimum absolute atomic E-state index is 0.182. The summed E-state index contributed by atoms with van der Waals surface area (Å²) < 4.78 is 5.41. The van der Waals surface area contributed by atoms with Crippen LogP contribution in [0.5, 0.6) is 0 Å². The highest BCUT2D eigenvalue weighted by molar-refractivity contribution is 5.77. The van der Waals surface area contributed by atoms with E-state index in [0.29, 0.717) is 5.58 Å². The van der Waals surface area contributed by atoms with Crippen LogP contribution < -0.4 is 5.63 Å². The fraction of sp³-hybridized carbons (Fsp3) is 0.400. The van der Waals surface area contributed by atoms with E-state index in [1.54, 1.807) is 0 Å². The largest absolute Gasteiger partial charge is 0.423 e. The average Bonchev–Trinajstić information content (AvgIpc) is 2.25. The monoisotopic (exact) mass is 230 g/mol. The van der Waals surface area contributed by atoms with E-state index in [-0.39, 0.29) is 11.0 Å². The Labute approximate surface area is 101 Å². The van der Waals surface area contributed by atoms with E-state index < -0.39 is 0 Å². The first-order valence-corrected chi connectivity index (χ1v) is 5.99. The molecular weight excluding hydrogens is 212 g/mol. The maximum atomic E-state index is 11.9. The quantitative estimate of drug-likeness (QED) is 0.700. The standard InChI is InChI=1S/C15H18O2/c1-5-10-6-7-11-9-12(15(2,3)4)14(16)17-13(11)8-10/h6-9H,5H2,1-4H3. The number of aryl methyl sites for hydroxylation is 1. The SMILES string of the molecule is CCc1ccc2cc(C(C)(C)C)c(=O)oc2c1. The van der Waals surface area contributed by atoms with Gasteiger partial charge in [-0.1, -0.05) is 39.8 Å². The van der Waals surface area contributed by atoms with Crippen molar-refractivity contribution in [3.8, 4) is 0 Å². The van der Waals surface area contributed by atoms with E-state index in [1.807, 2.05) is 39.0 Å². The van der Waals surface area contributed by atoms with Gasteiger partial charge in [0.25, 0.3) is 0 Å². The van der Waals surface area contributed by atoms with Crippen molar-refractivity contribution in [2.45, 2.75) is 39.5 Å². The molecule has 1 heterocycles. The van der Waals surface area contributed by atoms with Crippen molar-refractivity contribution in [3.63, 3.8) is 0 Å². The molecule has 0 aliphatic carbocycles. The molecule has 1 aromatic heterocycles. The Morgan fingerprint density at radius 2 is 1.88 bits per heavy atom. The molecule has 90 valence electrons. The number of benzene rings is 1. The summed E-state index contributed by atoms with van der Waals surface area (Å²) in [7, 11) is 0. The van der Waals surface area contributed by atoms with Crippen LogP contribution >= 0.6 is 0 Å². The van der Waals surface area contributed by atoms with Crippen molar-refractivity contribution in [3.05, 3.63) is 45.8 Å². The van der Waals surface area contributed by atoms with Crippen LogP contribution in [0, 0.1) is 0 Å². The molecule has 1 aromatic carbocycles. The average molecular weight is 230 g/mol. The molecule has 2 nitrogen and oxygen atoms in total. The van der Waals surface area contributed by atoms with Crippen molar-refractivity contribution in [1.82, 2.24) is 0 Å². The second kappa shape index (κ2) is 4.02. The molecule has 0 atom stereocenters. The Morgan fingerprint density at radius 1 is 1.18 bits per heavy atom. The van der Waals surface area contributed by atoms with Crippen molar-refractivity contribution >= 4 is 11.0 Å². The molecule has 0 saturated heterocycles. The molecule has 0 N–H and O–H groups in total. The highest BCUT2D eigenvalue weighted by Crippen LogP contribution is 2.23. The van der Waals surface area contributed by atoms with Gasteiger partial charge in [0.2, 0.25) is 0 Å². The topological polar surface area (TPSA) is 30.2 Å². The summed E-state index contributed by atoms with van der Waals surface area (Å²) in [6.45, 7) is 8.14. The molecule has 17 heavy (non-hydrogen) atoms. The lowest BCUT2D eigenvalue weighted by Crippen LogP contribution is -2.21. The third-order valence-corrected chi connectivity index (χ3v) is 3.02. The molecule has 0 amide bonds. The summed E-state index contributed by atoms with van der Waals surface area (Å²) in [5.74, 6) is 0. The molecule has 0 saturated carbocycles. The molecule has 0 unspecified atom stereocenters. The Kier molecular flexibility index (Phi) is 2.82. The van der Waals surface area contributed by atoms with Crippen LogP contribution in [-0.2, 0) is 11.8 Å². The second-order valence-electron chi connectivity index (χ2n) is 5.42. The van der Waals surface area contributed by atoms with E-state index in [9.17, 15) is 4.79 Å². The molecule has 0 fully saturated rings. The summed E-state index contributed by atoms with van der Waals surface area (Å²) in [4.78, 5) is 11.9. The maximum Gasteiger partial charge on any atom is 0.339 e. The van der Waals surface area contributed by atoms with Crippen LogP contribution in [0.2, 0.25) is 0 Å². The van der Waals surface area contributed by atoms with Gasteiger partial charge in [-0.25, -0.2) is 4.79 Å². The molecule has 2 rings (SSSR count). The lowest BCUT2D eigenvalue weighted by atomic mass is 9.88. The number of hydrogen-bond donors (Lipinski definition) is 0. The molecule has 2 aromatic rings. The maximum absolute atomic E-state index is 11.9. The summed E-state index contributed by atoms with van der Waals surface area (Å²) in [5.41, 5.74) is 2.19. The van der Waals surface area contributed by atoms with Gasteiger partial charge < -0.3 is 4.42 Å². The van der Waals surface area contributed by atoms with E-state index in [2.05, 4.69) is 13.0 Å². The Hall–Kier alpha value is -1.57. The van der Waals surface area contributed by atoms with Gasteiger partial charge in [-0.05, 0) is 29.5 Å². The fourth-order valence-corrected chi connectivity index (χ4v) is 1.90. The third kappa shape index (κ3) is 2.26. The van der Waals surface area contributed by atoms with Gasteiger partial charge in [-0.3, -0.25) is 0 Å². The fourth-order valence-electron chi connectivity index (χ4n) is 1.90. The second-order valence-corrected chi connectivity index (χ2v) is 5.42. The van der Waals surface area contributed by atoms with Gasteiger partial charge in [0.15, 0.2) is 0 Å². The number of hydrogen-bond acceptors (Lipinski definition) is 2.